The number of nitrogens with one attached hydrogen (secondary N) is 1. The van der Waals surface area contributed by atoms with Gasteiger partial charge in [-0.15, -0.1) is 0 Å². The van der Waals surface area contributed by atoms with Gasteiger partial charge in [-0.1, -0.05) is 0 Å². The van der Waals surface area contributed by atoms with E-state index in [0.29, 0.717) is 19.3 Å². The number of piperidine rings is 1. The quantitative estimate of drug-likeness (QED) is 0.612. The molecule has 2 fully saturated rings. The van der Waals surface area contributed by atoms with Crippen molar-refractivity contribution in [2.24, 2.45) is 11.1 Å². The second-order valence-electron chi connectivity index (χ2n) is 8.80. The van der Waals surface area contributed by atoms with Crippen molar-refractivity contribution in [3.05, 3.63) is 30.3 Å². The Labute approximate surface area is 189 Å². The molecule has 4 rings (SSSR count). The molecule has 1 saturated heterocycles. The molecule has 0 spiro atoms. The highest BCUT2D eigenvalue weighted by atomic mass is 32.2. The van der Waals surface area contributed by atoms with Gasteiger partial charge in [-0.25, -0.2) is 31.7 Å². The molecule has 2 aromatic rings. The molecule has 176 valence electrons. The van der Waals surface area contributed by atoms with E-state index in [0.717, 1.165) is 42.7 Å². The molecule has 0 unspecified atom stereocenters. The van der Waals surface area contributed by atoms with Crippen LogP contribution in [-0.4, -0.2) is 59.9 Å². The Kier molecular flexibility index (Phi) is 6.73. The van der Waals surface area contributed by atoms with Crippen molar-refractivity contribution in [1.82, 2.24) is 9.71 Å². The summed E-state index contributed by atoms with van der Waals surface area (Å²) in [6, 6.07) is 8.43. The maximum atomic E-state index is 12.9. The van der Waals surface area contributed by atoms with Crippen LogP contribution in [0.4, 0.5) is 5.82 Å². The fourth-order valence-electron chi connectivity index (χ4n) is 4.72. The zero-order valence-corrected chi connectivity index (χ0v) is 19.7. The first-order chi connectivity index (χ1) is 15.1. The summed E-state index contributed by atoms with van der Waals surface area (Å²) in [6.07, 6.45) is 3.97. The van der Waals surface area contributed by atoms with E-state index in [1.165, 1.54) is 0 Å². The third kappa shape index (κ3) is 5.57. The third-order valence-corrected chi connectivity index (χ3v) is 8.78. The first-order valence-electron chi connectivity index (χ1n) is 10.8. The normalized spacial score (nSPS) is 24.8. The lowest BCUT2D eigenvalue weighted by Gasteiger charge is -2.32. The van der Waals surface area contributed by atoms with Crippen molar-refractivity contribution in [3.8, 4) is 0 Å². The standard InChI is InChI=1S/C21H30N4O5S2/c1-30-18-3-2-10-25(13-18)21-9-5-16-12-19(7-8-20(16)23-21)32(28,29)24-17-6-4-15(11-17)14-31(22,26)27/h5,7-9,12,15,17-18,24H,2-4,6,10-11,13-14H2,1H3,(H2,22,26,27)/t15-,17+,18-/m0/s1. The van der Waals surface area contributed by atoms with Crippen molar-refractivity contribution in [2.75, 3.05) is 30.9 Å². The fraction of sp³-hybridized carbons (Fsp3) is 0.571. The second-order valence-corrected chi connectivity index (χ2v) is 12.2. The van der Waals surface area contributed by atoms with E-state index in [-0.39, 0.29) is 28.7 Å². The van der Waals surface area contributed by atoms with Gasteiger partial charge in [0.2, 0.25) is 20.0 Å². The number of anilines is 1. The lowest BCUT2D eigenvalue weighted by Crippen LogP contribution is -2.39. The number of nitrogens with two attached hydrogens (primary N) is 1. The van der Waals surface area contributed by atoms with Crippen LogP contribution >= 0.6 is 0 Å². The maximum absolute atomic E-state index is 12.9. The zero-order valence-electron chi connectivity index (χ0n) is 18.1. The molecule has 11 heteroatoms. The van der Waals surface area contributed by atoms with Gasteiger partial charge in [0.1, 0.15) is 5.82 Å². The van der Waals surface area contributed by atoms with E-state index in [9.17, 15) is 16.8 Å². The summed E-state index contributed by atoms with van der Waals surface area (Å²) in [5, 5.41) is 5.87. The van der Waals surface area contributed by atoms with Crippen LogP contribution in [0.3, 0.4) is 0 Å². The summed E-state index contributed by atoms with van der Waals surface area (Å²) in [7, 11) is -5.57. The Hall–Kier alpha value is -1.79. The molecule has 2 aliphatic rings. The van der Waals surface area contributed by atoms with Gasteiger partial charge in [-0.3, -0.25) is 0 Å². The molecule has 2 heterocycles. The van der Waals surface area contributed by atoms with Gasteiger partial charge in [-0.05, 0) is 68.4 Å². The molecule has 1 aromatic carbocycles. The molecule has 9 nitrogen and oxygen atoms in total. The number of hydrogen-bond donors (Lipinski definition) is 2. The van der Waals surface area contributed by atoms with Crippen LogP contribution < -0.4 is 14.8 Å². The summed E-state index contributed by atoms with van der Waals surface area (Å²) in [6.45, 7) is 1.71. The number of rotatable bonds is 7. The molecular formula is C21H30N4O5S2. The van der Waals surface area contributed by atoms with Gasteiger partial charge in [-0.2, -0.15) is 0 Å². The number of primary sulfonamides is 1. The highest BCUT2D eigenvalue weighted by molar-refractivity contribution is 7.89. The average molecular weight is 483 g/mol. The first kappa shape index (κ1) is 23.4. The Balaban J connectivity index is 1.47. The second kappa shape index (κ2) is 9.22. The summed E-state index contributed by atoms with van der Waals surface area (Å²) in [5.74, 6) is 0.626. The van der Waals surface area contributed by atoms with E-state index in [1.807, 2.05) is 12.1 Å². The predicted molar refractivity (Wildman–Crippen MR) is 123 cm³/mol. The van der Waals surface area contributed by atoms with Crippen molar-refractivity contribution in [3.63, 3.8) is 0 Å². The molecule has 1 aromatic heterocycles. The van der Waals surface area contributed by atoms with Gasteiger partial charge >= 0.3 is 0 Å². The number of fused-ring (bicyclic) bond motifs is 1. The molecule has 0 bridgehead atoms. The Bertz CT molecular complexity index is 1190. The van der Waals surface area contributed by atoms with Gasteiger partial charge in [0.25, 0.3) is 0 Å². The molecule has 0 radical (unpaired) electrons. The predicted octanol–water partition coefficient (Wildman–Crippen LogP) is 1.59. The molecule has 32 heavy (non-hydrogen) atoms. The largest absolute Gasteiger partial charge is 0.380 e. The minimum absolute atomic E-state index is 0.114. The minimum atomic E-state index is -3.73. The number of hydrogen-bond acceptors (Lipinski definition) is 7. The van der Waals surface area contributed by atoms with E-state index in [1.54, 1.807) is 25.3 Å². The summed E-state index contributed by atoms with van der Waals surface area (Å²) in [4.78, 5) is 7.09. The Morgan fingerprint density at radius 1 is 1.16 bits per heavy atom. The van der Waals surface area contributed by atoms with Crippen LogP contribution in [0, 0.1) is 5.92 Å². The van der Waals surface area contributed by atoms with Gasteiger partial charge in [0, 0.05) is 31.6 Å². The smallest absolute Gasteiger partial charge is 0.240 e. The number of ether oxygens (including phenoxy) is 1. The van der Waals surface area contributed by atoms with Gasteiger partial charge in [0.05, 0.1) is 22.3 Å². The van der Waals surface area contributed by atoms with Crippen LogP contribution in [0.5, 0.6) is 0 Å². The lowest BCUT2D eigenvalue weighted by atomic mass is 10.1. The average Bonchev–Trinajstić information content (AvgIpc) is 3.17. The summed E-state index contributed by atoms with van der Waals surface area (Å²) in [5.41, 5.74) is 0.732. The van der Waals surface area contributed by atoms with Crippen molar-refractivity contribution < 1.29 is 21.6 Å². The topological polar surface area (TPSA) is 132 Å². The molecule has 1 aliphatic heterocycles. The molecule has 3 atom stereocenters. The summed E-state index contributed by atoms with van der Waals surface area (Å²) >= 11 is 0. The van der Waals surface area contributed by atoms with E-state index in [2.05, 4.69) is 9.62 Å². The van der Waals surface area contributed by atoms with Crippen LogP contribution in [-0.2, 0) is 24.8 Å². The van der Waals surface area contributed by atoms with Crippen LogP contribution in [0.1, 0.15) is 32.1 Å². The zero-order chi connectivity index (χ0) is 22.9. The number of pyridine rings is 1. The van der Waals surface area contributed by atoms with Crippen LogP contribution in [0.25, 0.3) is 10.9 Å². The number of nitrogens with zero attached hydrogens (tertiary/aromatic N) is 2. The number of aromatic nitrogens is 1. The van der Waals surface area contributed by atoms with E-state index in [4.69, 9.17) is 14.9 Å². The van der Waals surface area contributed by atoms with E-state index < -0.39 is 20.0 Å². The number of methoxy groups -OCH3 is 1. The SMILES string of the molecule is CO[C@H]1CCCN(c2ccc3cc(S(=O)(=O)N[C@@H]4CC[C@H](CS(N)(=O)=O)C4)ccc3n2)C1. The Morgan fingerprint density at radius 2 is 1.97 bits per heavy atom. The van der Waals surface area contributed by atoms with Gasteiger partial charge in [0.15, 0.2) is 0 Å². The lowest BCUT2D eigenvalue weighted by molar-refractivity contribution is 0.0891. The van der Waals surface area contributed by atoms with Crippen molar-refractivity contribution >= 4 is 36.8 Å². The molecule has 1 saturated carbocycles. The maximum Gasteiger partial charge on any atom is 0.240 e. The number of sulfonamides is 2. The molecule has 3 N–H and O–H groups in total. The monoisotopic (exact) mass is 482 g/mol. The highest BCUT2D eigenvalue weighted by Gasteiger charge is 2.31. The van der Waals surface area contributed by atoms with E-state index >= 15 is 0 Å². The first-order valence-corrected chi connectivity index (χ1v) is 14.0. The Morgan fingerprint density at radius 3 is 2.72 bits per heavy atom. The fourth-order valence-corrected chi connectivity index (χ4v) is 7.00. The van der Waals surface area contributed by atoms with Crippen molar-refractivity contribution in [2.45, 2.75) is 49.1 Å². The van der Waals surface area contributed by atoms with Crippen LogP contribution in [0.2, 0.25) is 0 Å². The molecule has 1 aliphatic carbocycles. The third-order valence-electron chi connectivity index (χ3n) is 6.32. The highest BCUT2D eigenvalue weighted by Crippen LogP contribution is 2.29. The van der Waals surface area contributed by atoms with Crippen LogP contribution in [0.15, 0.2) is 35.2 Å². The number of benzene rings is 1. The minimum Gasteiger partial charge on any atom is -0.380 e. The van der Waals surface area contributed by atoms with Gasteiger partial charge < -0.3 is 9.64 Å². The molecular weight excluding hydrogens is 452 g/mol. The molecule has 0 amide bonds. The summed E-state index contributed by atoms with van der Waals surface area (Å²) < 4.78 is 56.6. The van der Waals surface area contributed by atoms with Crippen molar-refractivity contribution in [1.29, 1.82) is 0 Å².